The Kier molecular flexibility index (Phi) is 9.47. The maximum absolute atomic E-state index is 10.00. The fraction of sp³-hybridized carbons (Fsp3) is 0.667. The summed E-state index contributed by atoms with van der Waals surface area (Å²) >= 11 is 0. The van der Waals surface area contributed by atoms with Crippen LogP contribution in [0.25, 0.3) is 0 Å². The molecule has 1 unspecified atom stereocenters. The van der Waals surface area contributed by atoms with Gasteiger partial charge < -0.3 is 10.2 Å². The van der Waals surface area contributed by atoms with E-state index in [1.165, 1.54) is 0 Å². The van der Waals surface area contributed by atoms with Gasteiger partial charge in [0, 0.05) is 0 Å². The van der Waals surface area contributed by atoms with Crippen molar-refractivity contribution in [1.82, 2.24) is 0 Å². The summed E-state index contributed by atoms with van der Waals surface area (Å²) in [5.74, 6) is -0.841. The summed E-state index contributed by atoms with van der Waals surface area (Å²) in [6.07, 6.45) is 4.21. The van der Waals surface area contributed by atoms with Crippen LogP contribution in [0.5, 0.6) is 0 Å². The summed E-state index contributed by atoms with van der Waals surface area (Å²) in [7, 11) is 0. The number of aliphatic hydroxyl groups is 1. The van der Waals surface area contributed by atoms with Crippen LogP contribution in [0.3, 0.4) is 0 Å². The third-order valence-corrected chi connectivity index (χ3v) is 1.34. The third kappa shape index (κ3) is 9.17. The minimum Gasteiger partial charge on any atom is -0.481 e. The molecular weight excluding hydrogens is 156 g/mol. The predicted molar refractivity (Wildman–Crippen MR) is 49.0 cm³/mol. The van der Waals surface area contributed by atoms with Crippen LogP contribution in [0.4, 0.5) is 0 Å². The van der Waals surface area contributed by atoms with E-state index >= 15 is 0 Å². The van der Waals surface area contributed by atoms with E-state index in [0.717, 1.165) is 0 Å². The van der Waals surface area contributed by atoms with Gasteiger partial charge in [0.2, 0.25) is 0 Å². The Morgan fingerprint density at radius 2 is 2.08 bits per heavy atom. The van der Waals surface area contributed by atoms with Gasteiger partial charge in [0.15, 0.2) is 0 Å². The van der Waals surface area contributed by atoms with Crippen LogP contribution < -0.4 is 0 Å². The number of aliphatic hydroxyl groups excluding tert-OH is 1. The van der Waals surface area contributed by atoms with Crippen molar-refractivity contribution in [3.8, 4) is 0 Å². The fourth-order valence-corrected chi connectivity index (χ4v) is 0.604. The molecule has 2 N–H and O–H groups in total. The topological polar surface area (TPSA) is 57.5 Å². The van der Waals surface area contributed by atoms with Crippen molar-refractivity contribution in [2.24, 2.45) is 0 Å². The van der Waals surface area contributed by atoms with Crippen LogP contribution >= 0.6 is 0 Å². The first kappa shape index (κ1) is 13.7. The number of hydrogen-bond donors (Lipinski definition) is 2. The first-order valence-electron chi connectivity index (χ1n) is 3.71. The molecule has 0 aliphatic heterocycles. The second kappa shape index (κ2) is 8.27. The molecule has 0 amide bonds. The molecule has 0 bridgehead atoms. The van der Waals surface area contributed by atoms with Crippen molar-refractivity contribution in [2.45, 2.75) is 39.7 Å². The van der Waals surface area contributed by atoms with Gasteiger partial charge in [-0.1, -0.05) is 26.5 Å². The minimum absolute atomic E-state index is 0. The summed E-state index contributed by atoms with van der Waals surface area (Å²) in [6.45, 7) is 1.88. The van der Waals surface area contributed by atoms with Crippen molar-refractivity contribution in [3.63, 3.8) is 0 Å². The Labute approximate surface area is 73.7 Å². The zero-order valence-electron chi connectivity index (χ0n) is 6.66. The highest BCUT2D eigenvalue weighted by molar-refractivity contribution is 5.68. The van der Waals surface area contributed by atoms with E-state index in [1.54, 1.807) is 12.2 Å². The van der Waals surface area contributed by atoms with Gasteiger partial charge in [-0.05, 0) is 12.8 Å². The molecule has 0 rings (SSSR count). The standard InChI is InChI=1S/C8H14O3.CH4/c1-2-7(9)5-3-4-6-8(10)11;/h3-4,7,9H,2,5-6H2,1H3,(H,10,11);1H4. The normalized spacial score (nSPS) is 12.5. The molecule has 0 radical (unpaired) electrons. The molecule has 0 heterocycles. The first-order chi connectivity index (χ1) is 5.16. The number of carbonyl (C=O) groups is 1. The second-order valence-corrected chi connectivity index (χ2v) is 2.37. The lowest BCUT2D eigenvalue weighted by atomic mass is 10.2. The van der Waals surface area contributed by atoms with E-state index in [1.807, 2.05) is 6.92 Å². The van der Waals surface area contributed by atoms with Gasteiger partial charge in [-0.3, -0.25) is 4.79 Å². The van der Waals surface area contributed by atoms with Crippen LogP contribution in [0.1, 0.15) is 33.6 Å². The average molecular weight is 174 g/mol. The smallest absolute Gasteiger partial charge is 0.307 e. The van der Waals surface area contributed by atoms with Crippen LogP contribution in [-0.4, -0.2) is 22.3 Å². The van der Waals surface area contributed by atoms with E-state index in [2.05, 4.69) is 0 Å². The maximum atomic E-state index is 10.00. The van der Waals surface area contributed by atoms with Gasteiger partial charge in [-0.25, -0.2) is 0 Å². The molecule has 1 atom stereocenters. The zero-order chi connectivity index (χ0) is 8.69. The summed E-state index contributed by atoms with van der Waals surface area (Å²) < 4.78 is 0. The molecule has 3 nitrogen and oxygen atoms in total. The van der Waals surface area contributed by atoms with Gasteiger partial charge in [-0.15, -0.1) is 0 Å². The largest absolute Gasteiger partial charge is 0.481 e. The van der Waals surface area contributed by atoms with Gasteiger partial charge in [-0.2, -0.15) is 0 Å². The summed E-state index contributed by atoms with van der Waals surface area (Å²) in [5.41, 5.74) is 0. The van der Waals surface area contributed by atoms with Crippen LogP contribution in [0, 0.1) is 0 Å². The Bertz CT molecular complexity index is 141. The monoisotopic (exact) mass is 174 g/mol. The molecular formula is C9H18O3. The number of hydrogen-bond acceptors (Lipinski definition) is 2. The highest BCUT2D eigenvalue weighted by Gasteiger charge is 1.95. The van der Waals surface area contributed by atoms with E-state index < -0.39 is 5.97 Å². The van der Waals surface area contributed by atoms with Crippen molar-refractivity contribution in [1.29, 1.82) is 0 Å². The molecule has 0 aromatic carbocycles. The van der Waals surface area contributed by atoms with Gasteiger partial charge in [0.1, 0.15) is 0 Å². The SMILES string of the molecule is C.CCC(O)CC=CCC(=O)O. The Balaban J connectivity index is 0. The van der Waals surface area contributed by atoms with Crippen molar-refractivity contribution >= 4 is 5.97 Å². The summed E-state index contributed by atoms with van der Waals surface area (Å²) in [4.78, 5) is 10.00. The Morgan fingerprint density at radius 1 is 1.50 bits per heavy atom. The predicted octanol–water partition coefficient (Wildman–Crippen LogP) is 1.81. The Hall–Kier alpha value is -0.830. The third-order valence-electron chi connectivity index (χ3n) is 1.34. The number of aliphatic carboxylic acids is 1. The number of rotatable bonds is 5. The highest BCUT2D eigenvalue weighted by Crippen LogP contribution is 1.97. The van der Waals surface area contributed by atoms with Crippen LogP contribution in [0.15, 0.2) is 12.2 Å². The van der Waals surface area contributed by atoms with Crippen molar-refractivity contribution in [2.75, 3.05) is 0 Å². The van der Waals surface area contributed by atoms with Crippen molar-refractivity contribution in [3.05, 3.63) is 12.2 Å². The van der Waals surface area contributed by atoms with Gasteiger partial charge in [0.25, 0.3) is 0 Å². The van der Waals surface area contributed by atoms with Crippen LogP contribution in [0.2, 0.25) is 0 Å². The molecule has 0 aromatic heterocycles. The Morgan fingerprint density at radius 3 is 2.50 bits per heavy atom. The molecule has 0 aromatic rings. The van der Waals surface area contributed by atoms with E-state index in [0.29, 0.717) is 12.8 Å². The average Bonchev–Trinajstić information content (AvgIpc) is 1.97. The quantitative estimate of drug-likeness (QED) is 0.625. The molecule has 12 heavy (non-hydrogen) atoms. The highest BCUT2D eigenvalue weighted by atomic mass is 16.4. The van der Waals surface area contributed by atoms with E-state index in [4.69, 9.17) is 10.2 Å². The van der Waals surface area contributed by atoms with E-state index in [-0.39, 0.29) is 20.0 Å². The fourth-order valence-electron chi connectivity index (χ4n) is 0.604. The molecule has 0 saturated carbocycles. The zero-order valence-corrected chi connectivity index (χ0v) is 6.66. The van der Waals surface area contributed by atoms with Crippen LogP contribution in [-0.2, 0) is 4.79 Å². The number of carboxylic acids is 1. The second-order valence-electron chi connectivity index (χ2n) is 2.37. The van der Waals surface area contributed by atoms with Gasteiger partial charge in [0.05, 0.1) is 12.5 Å². The number of carboxylic acid groups (broad SMARTS) is 1. The minimum atomic E-state index is -0.841. The lowest BCUT2D eigenvalue weighted by molar-refractivity contribution is -0.136. The van der Waals surface area contributed by atoms with E-state index in [9.17, 15) is 4.79 Å². The first-order valence-corrected chi connectivity index (χ1v) is 3.71. The maximum Gasteiger partial charge on any atom is 0.307 e. The molecule has 0 fully saturated rings. The molecule has 0 aliphatic carbocycles. The molecule has 3 heteroatoms. The molecule has 0 saturated heterocycles. The lowest BCUT2D eigenvalue weighted by Crippen LogP contribution is -2.01. The van der Waals surface area contributed by atoms with Crippen molar-refractivity contribution < 1.29 is 15.0 Å². The summed E-state index contributed by atoms with van der Waals surface area (Å²) in [6, 6.07) is 0. The van der Waals surface area contributed by atoms with Gasteiger partial charge >= 0.3 is 5.97 Å². The molecule has 0 spiro atoms. The summed E-state index contributed by atoms with van der Waals surface area (Å²) in [5, 5.41) is 17.2. The molecule has 0 aliphatic rings. The molecule has 72 valence electrons. The lowest BCUT2D eigenvalue weighted by Gasteiger charge is -2.00.